The highest BCUT2D eigenvalue weighted by Crippen LogP contribution is 2.27. The highest BCUT2D eigenvalue weighted by atomic mass is 79.9. The van der Waals surface area contributed by atoms with Gasteiger partial charge in [-0.25, -0.2) is 4.98 Å². The number of rotatable bonds is 5. The number of benzene rings is 1. The van der Waals surface area contributed by atoms with Crippen LogP contribution in [-0.2, 0) is 0 Å². The lowest BCUT2D eigenvalue weighted by atomic mass is 10.2. The molecule has 0 fully saturated rings. The van der Waals surface area contributed by atoms with Crippen molar-refractivity contribution in [2.24, 2.45) is 0 Å². The molecule has 106 valence electrons. The van der Waals surface area contributed by atoms with Gasteiger partial charge in [-0.15, -0.1) is 0 Å². The molecule has 0 bridgehead atoms. The summed E-state index contributed by atoms with van der Waals surface area (Å²) in [4.78, 5) is 8.72. The molecule has 0 saturated heterocycles. The van der Waals surface area contributed by atoms with E-state index in [0.717, 1.165) is 34.4 Å². The number of ether oxygens (including phenoxy) is 1. The van der Waals surface area contributed by atoms with Crippen LogP contribution in [0.3, 0.4) is 0 Å². The van der Waals surface area contributed by atoms with Crippen LogP contribution in [0.25, 0.3) is 0 Å². The van der Waals surface area contributed by atoms with Gasteiger partial charge in [-0.05, 0) is 38.0 Å². The summed E-state index contributed by atoms with van der Waals surface area (Å²) in [7, 11) is 0. The molecule has 4 nitrogen and oxygen atoms in total. The SMILES string of the molecule is CCCNc1nc(C)cc(Oc2cc(Br)ccc2C)n1. The first-order chi connectivity index (χ1) is 9.58. The number of anilines is 1. The van der Waals surface area contributed by atoms with Gasteiger partial charge in [-0.2, -0.15) is 4.98 Å². The first-order valence-electron chi connectivity index (χ1n) is 6.62. The lowest BCUT2D eigenvalue weighted by Gasteiger charge is -2.10. The molecule has 0 saturated carbocycles. The van der Waals surface area contributed by atoms with Gasteiger partial charge in [-0.1, -0.05) is 28.9 Å². The second-order valence-corrected chi connectivity index (χ2v) is 5.53. The minimum Gasteiger partial charge on any atom is -0.439 e. The second-order valence-electron chi connectivity index (χ2n) is 4.61. The van der Waals surface area contributed by atoms with Gasteiger partial charge in [0.1, 0.15) is 5.75 Å². The summed E-state index contributed by atoms with van der Waals surface area (Å²) in [6.07, 6.45) is 1.03. The number of aromatic nitrogens is 2. The molecule has 0 amide bonds. The standard InChI is InChI=1S/C15H18BrN3O/c1-4-7-17-15-18-11(3)8-14(19-15)20-13-9-12(16)6-5-10(13)2/h5-6,8-9H,4,7H2,1-3H3,(H,17,18,19). The van der Waals surface area contributed by atoms with Crippen LogP contribution in [0.4, 0.5) is 5.95 Å². The number of hydrogen-bond acceptors (Lipinski definition) is 4. The van der Waals surface area contributed by atoms with E-state index in [-0.39, 0.29) is 0 Å². The maximum Gasteiger partial charge on any atom is 0.226 e. The van der Waals surface area contributed by atoms with Gasteiger partial charge in [0.25, 0.3) is 0 Å². The quantitative estimate of drug-likeness (QED) is 0.875. The molecule has 5 heteroatoms. The summed E-state index contributed by atoms with van der Waals surface area (Å²) in [5.41, 5.74) is 1.94. The Labute approximate surface area is 127 Å². The maximum atomic E-state index is 5.87. The molecule has 0 unspecified atom stereocenters. The third kappa shape index (κ3) is 3.93. The maximum absolute atomic E-state index is 5.87. The van der Waals surface area contributed by atoms with Crippen LogP contribution in [0.1, 0.15) is 24.6 Å². The van der Waals surface area contributed by atoms with Crippen molar-refractivity contribution in [3.05, 3.63) is 40.0 Å². The predicted molar refractivity (Wildman–Crippen MR) is 84.5 cm³/mol. The van der Waals surface area contributed by atoms with Crippen LogP contribution in [0.5, 0.6) is 11.6 Å². The largest absolute Gasteiger partial charge is 0.439 e. The number of nitrogens with one attached hydrogen (secondary N) is 1. The van der Waals surface area contributed by atoms with E-state index in [2.05, 4.69) is 38.1 Å². The van der Waals surface area contributed by atoms with Gasteiger partial charge in [0.05, 0.1) is 0 Å². The fourth-order valence-corrected chi connectivity index (χ4v) is 2.04. The molecule has 0 aliphatic rings. The van der Waals surface area contributed by atoms with E-state index in [1.54, 1.807) is 0 Å². The van der Waals surface area contributed by atoms with Crippen molar-refractivity contribution in [3.63, 3.8) is 0 Å². The Bertz CT molecular complexity index is 602. The fourth-order valence-electron chi connectivity index (χ4n) is 1.70. The zero-order valence-corrected chi connectivity index (χ0v) is 13.5. The van der Waals surface area contributed by atoms with E-state index >= 15 is 0 Å². The van der Waals surface area contributed by atoms with Crippen molar-refractivity contribution in [1.29, 1.82) is 0 Å². The predicted octanol–water partition coefficient (Wildman–Crippen LogP) is 4.47. The van der Waals surface area contributed by atoms with Crippen LogP contribution in [-0.4, -0.2) is 16.5 Å². The van der Waals surface area contributed by atoms with Gasteiger partial charge in [0.15, 0.2) is 0 Å². The summed E-state index contributed by atoms with van der Waals surface area (Å²) >= 11 is 3.45. The summed E-state index contributed by atoms with van der Waals surface area (Å²) in [5, 5.41) is 3.18. The Kier molecular flexibility index (Phi) is 4.95. The number of nitrogens with zero attached hydrogens (tertiary/aromatic N) is 2. The van der Waals surface area contributed by atoms with E-state index in [4.69, 9.17) is 4.74 Å². The summed E-state index contributed by atoms with van der Waals surface area (Å²) < 4.78 is 6.85. The van der Waals surface area contributed by atoms with Crippen molar-refractivity contribution in [3.8, 4) is 11.6 Å². The van der Waals surface area contributed by atoms with E-state index in [0.29, 0.717) is 11.8 Å². The third-order valence-electron chi connectivity index (χ3n) is 2.73. The van der Waals surface area contributed by atoms with Gasteiger partial charge in [0.2, 0.25) is 11.8 Å². The Morgan fingerprint density at radius 2 is 2.00 bits per heavy atom. The first kappa shape index (κ1) is 14.8. The van der Waals surface area contributed by atoms with Crippen molar-refractivity contribution >= 4 is 21.9 Å². The Morgan fingerprint density at radius 3 is 2.75 bits per heavy atom. The molecule has 1 aromatic carbocycles. The molecule has 1 heterocycles. The second kappa shape index (κ2) is 6.70. The van der Waals surface area contributed by atoms with Gasteiger partial charge < -0.3 is 10.1 Å². The van der Waals surface area contributed by atoms with E-state index < -0.39 is 0 Å². The molecular formula is C15H18BrN3O. The van der Waals surface area contributed by atoms with Crippen molar-refractivity contribution in [2.45, 2.75) is 27.2 Å². The van der Waals surface area contributed by atoms with Crippen LogP contribution in [0.2, 0.25) is 0 Å². The minimum absolute atomic E-state index is 0.553. The fraction of sp³-hybridized carbons (Fsp3) is 0.333. The average Bonchev–Trinajstić information content (AvgIpc) is 2.40. The van der Waals surface area contributed by atoms with Crippen molar-refractivity contribution in [1.82, 2.24) is 9.97 Å². The summed E-state index contributed by atoms with van der Waals surface area (Å²) in [6, 6.07) is 7.76. The Morgan fingerprint density at radius 1 is 1.20 bits per heavy atom. The van der Waals surface area contributed by atoms with Crippen LogP contribution in [0, 0.1) is 13.8 Å². The third-order valence-corrected chi connectivity index (χ3v) is 3.22. The molecule has 1 aromatic heterocycles. The van der Waals surface area contributed by atoms with Crippen LogP contribution >= 0.6 is 15.9 Å². The molecule has 0 aliphatic heterocycles. The normalized spacial score (nSPS) is 10.4. The molecule has 0 aliphatic carbocycles. The molecule has 0 spiro atoms. The van der Waals surface area contributed by atoms with E-state index in [9.17, 15) is 0 Å². The molecular weight excluding hydrogens is 318 g/mol. The van der Waals surface area contributed by atoms with Gasteiger partial charge in [-0.3, -0.25) is 0 Å². The molecule has 0 radical (unpaired) electrons. The minimum atomic E-state index is 0.553. The topological polar surface area (TPSA) is 47.0 Å². The van der Waals surface area contributed by atoms with Crippen LogP contribution in [0.15, 0.2) is 28.7 Å². The molecule has 2 rings (SSSR count). The first-order valence-corrected chi connectivity index (χ1v) is 7.41. The lowest BCUT2D eigenvalue weighted by Crippen LogP contribution is -2.05. The van der Waals surface area contributed by atoms with Crippen LogP contribution < -0.4 is 10.1 Å². The van der Waals surface area contributed by atoms with Gasteiger partial charge >= 0.3 is 0 Å². The smallest absolute Gasteiger partial charge is 0.226 e. The number of hydrogen-bond donors (Lipinski definition) is 1. The Hall–Kier alpha value is -1.62. The number of halogens is 1. The molecule has 20 heavy (non-hydrogen) atoms. The zero-order valence-electron chi connectivity index (χ0n) is 11.9. The number of aryl methyl sites for hydroxylation is 2. The average molecular weight is 336 g/mol. The van der Waals surface area contributed by atoms with E-state index in [1.165, 1.54) is 0 Å². The molecule has 1 N–H and O–H groups in total. The van der Waals surface area contributed by atoms with Crippen molar-refractivity contribution in [2.75, 3.05) is 11.9 Å². The van der Waals surface area contributed by atoms with E-state index in [1.807, 2.05) is 38.1 Å². The lowest BCUT2D eigenvalue weighted by molar-refractivity contribution is 0.458. The van der Waals surface area contributed by atoms with Gasteiger partial charge in [0, 0.05) is 22.8 Å². The zero-order chi connectivity index (χ0) is 14.5. The highest BCUT2D eigenvalue weighted by molar-refractivity contribution is 9.10. The molecule has 2 aromatic rings. The summed E-state index contributed by atoms with van der Waals surface area (Å²) in [6.45, 7) is 6.88. The Balaban J connectivity index is 2.24. The van der Waals surface area contributed by atoms with Crippen molar-refractivity contribution < 1.29 is 4.74 Å². The highest BCUT2D eigenvalue weighted by Gasteiger charge is 2.06. The summed E-state index contributed by atoms with van der Waals surface area (Å²) in [5.74, 6) is 1.95. The monoisotopic (exact) mass is 335 g/mol. The molecule has 0 atom stereocenters.